The molecule has 4 aliphatic rings. The van der Waals surface area contributed by atoms with Crippen molar-refractivity contribution in [2.75, 3.05) is 27.1 Å². The maximum atomic E-state index is 13.9. The molecule has 0 radical (unpaired) electrons. The highest BCUT2D eigenvalue weighted by molar-refractivity contribution is 5.82. The van der Waals surface area contributed by atoms with Gasteiger partial charge in [-0.3, -0.25) is 14.5 Å². The fraction of sp³-hybridized carbons (Fsp3) is 0.931. The van der Waals surface area contributed by atoms with Crippen molar-refractivity contribution in [3.05, 3.63) is 0 Å². The summed E-state index contributed by atoms with van der Waals surface area (Å²) in [5, 5.41) is 3.56. The van der Waals surface area contributed by atoms with Gasteiger partial charge in [0.15, 0.2) is 0 Å². The zero-order chi connectivity index (χ0) is 25.7. The number of likely N-dealkylation sites (tertiary alicyclic amines) is 1. The lowest BCUT2D eigenvalue weighted by Crippen LogP contribution is -2.48. The average molecular weight is 476 g/mol. The van der Waals surface area contributed by atoms with E-state index in [4.69, 9.17) is 2.74 Å². The molecule has 0 unspecified atom stereocenters. The zero-order valence-electron chi connectivity index (χ0n) is 23.9. The van der Waals surface area contributed by atoms with E-state index in [-0.39, 0.29) is 38.0 Å². The summed E-state index contributed by atoms with van der Waals surface area (Å²) in [4.78, 5) is 31.1. The molecule has 34 heavy (non-hydrogen) atoms. The summed E-state index contributed by atoms with van der Waals surface area (Å²) in [5.74, 6) is 2.84. The van der Waals surface area contributed by atoms with E-state index in [2.05, 4.69) is 19.2 Å². The highest BCUT2D eigenvalue weighted by atomic mass is 16.2. The van der Waals surface area contributed by atoms with Gasteiger partial charge in [0.25, 0.3) is 0 Å². The maximum Gasteiger partial charge on any atom is 0.239 e. The first-order valence-electron chi connectivity index (χ1n) is 15.8. The van der Waals surface area contributed by atoms with Crippen molar-refractivity contribution in [3.8, 4) is 0 Å². The second kappa shape index (κ2) is 11.8. The van der Waals surface area contributed by atoms with Crippen molar-refractivity contribution < 1.29 is 12.3 Å². The summed E-state index contributed by atoms with van der Waals surface area (Å²) in [5.41, 5.74) is 0. The van der Waals surface area contributed by atoms with E-state index in [0.717, 1.165) is 19.4 Å². The summed E-state index contributed by atoms with van der Waals surface area (Å²) in [6.45, 7) is 5.69. The predicted octanol–water partition coefficient (Wildman–Crippen LogP) is 5.09. The van der Waals surface area contributed by atoms with Gasteiger partial charge in [0, 0.05) is 33.7 Å². The van der Waals surface area contributed by atoms with Crippen LogP contribution in [0.3, 0.4) is 0 Å². The monoisotopic (exact) mass is 475 g/mol. The molecule has 1 saturated heterocycles. The Morgan fingerprint density at radius 3 is 2.09 bits per heavy atom. The van der Waals surface area contributed by atoms with E-state index in [1.54, 1.807) is 4.90 Å². The molecule has 0 aromatic heterocycles. The van der Waals surface area contributed by atoms with Crippen molar-refractivity contribution in [2.45, 2.75) is 109 Å². The molecule has 0 aromatic rings. The Bertz CT molecular complexity index is 701. The van der Waals surface area contributed by atoms with Crippen molar-refractivity contribution in [2.24, 2.45) is 35.5 Å². The first kappa shape index (κ1) is 23.3. The van der Waals surface area contributed by atoms with Gasteiger partial charge in [0.1, 0.15) is 0 Å². The maximum absolute atomic E-state index is 13.9. The lowest BCUT2D eigenvalue weighted by molar-refractivity contribution is -0.136. The van der Waals surface area contributed by atoms with Crippen molar-refractivity contribution >= 4 is 11.8 Å². The standard InChI is InChI=1S/C29H51N3O2/c1-20(2)17-26(31(3)4)29(34)32-18-23-15-16-25(24(23)19-32)30-28(33)27(21-11-7-5-8-12-21)22-13-9-6-10-14-22/h20-27H,5-19H2,1-4H3,(H,30,33)/t23-,24+,25+,26-/m0/s1/i3D,4D. The van der Waals surface area contributed by atoms with Crippen LogP contribution in [0.4, 0.5) is 0 Å². The molecule has 4 rings (SSSR count). The number of fused-ring (bicyclic) bond motifs is 1. The van der Waals surface area contributed by atoms with Crippen LogP contribution in [0.1, 0.15) is 100 Å². The lowest BCUT2D eigenvalue weighted by atomic mass is 9.69. The summed E-state index contributed by atoms with van der Waals surface area (Å²) in [7, 11) is -0.0363. The molecule has 1 aliphatic heterocycles. The van der Waals surface area contributed by atoms with Crippen LogP contribution in [0.25, 0.3) is 0 Å². The highest BCUT2D eigenvalue weighted by Crippen LogP contribution is 2.42. The van der Waals surface area contributed by atoms with E-state index >= 15 is 0 Å². The zero-order valence-corrected chi connectivity index (χ0v) is 21.9. The van der Waals surface area contributed by atoms with Gasteiger partial charge in [-0.15, -0.1) is 0 Å². The molecule has 5 nitrogen and oxygen atoms in total. The Morgan fingerprint density at radius 2 is 1.53 bits per heavy atom. The molecular formula is C29H51N3O2. The topological polar surface area (TPSA) is 52.7 Å². The third-order valence-electron chi connectivity index (χ3n) is 9.53. The minimum Gasteiger partial charge on any atom is -0.353 e. The van der Waals surface area contributed by atoms with Crippen LogP contribution in [0.2, 0.25) is 0 Å². The molecule has 3 saturated carbocycles. The number of hydrogen-bond donors (Lipinski definition) is 1. The molecule has 2 amide bonds. The molecule has 5 heteroatoms. The number of carbonyl (C=O) groups is 2. The van der Waals surface area contributed by atoms with Gasteiger partial charge in [0.05, 0.1) is 6.04 Å². The normalized spacial score (nSPS) is 30.5. The first-order chi connectivity index (χ1) is 17.4. The van der Waals surface area contributed by atoms with Crippen molar-refractivity contribution in [1.29, 1.82) is 0 Å². The van der Waals surface area contributed by atoms with Gasteiger partial charge < -0.3 is 10.2 Å². The van der Waals surface area contributed by atoms with Gasteiger partial charge in [-0.2, -0.15) is 0 Å². The van der Waals surface area contributed by atoms with Crippen LogP contribution in [-0.4, -0.2) is 60.8 Å². The van der Waals surface area contributed by atoms with Crippen LogP contribution in [0.5, 0.6) is 0 Å². The largest absolute Gasteiger partial charge is 0.353 e. The average Bonchev–Trinajstić information content (AvgIpc) is 3.47. The number of nitrogens with one attached hydrogen (secondary N) is 1. The van der Waals surface area contributed by atoms with Gasteiger partial charge in [0.2, 0.25) is 11.8 Å². The van der Waals surface area contributed by atoms with Crippen LogP contribution in [-0.2, 0) is 9.59 Å². The Hall–Kier alpha value is -1.10. The number of carbonyl (C=O) groups excluding carboxylic acids is 2. The van der Waals surface area contributed by atoms with Crippen molar-refractivity contribution in [1.82, 2.24) is 15.1 Å². The van der Waals surface area contributed by atoms with E-state index in [1.165, 1.54) is 64.2 Å². The van der Waals surface area contributed by atoms with Crippen LogP contribution in [0.15, 0.2) is 0 Å². The SMILES string of the molecule is [2H]CN(C[2H])[C@@H](CC(C)C)C(=O)N1C[C@@H]2CC[C@@H](NC(=O)C(C3CCCCC3)C3CCCCC3)[C@@H]2C1. The highest BCUT2D eigenvalue weighted by Gasteiger charge is 2.47. The second-order valence-corrected chi connectivity index (χ2v) is 12.4. The minimum atomic E-state index is -0.381. The number of amides is 2. The molecule has 0 spiro atoms. The Balaban J connectivity index is 1.40. The van der Waals surface area contributed by atoms with Crippen molar-refractivity contribution in [3.63, 3.8) is 0 Å². The van der Waals surface area contributed by atoms with Gasteiger partial charge >= 0.3 is 0 Å². The molecule has 1 heterocycles. The lowest BCUT2D eigenvalue weighted by Gasteiger charge is -2.38. The fourth-order valence-electron chi connectivity index (χ4n) is 7.77. The number of hydrogen-bond acceptors (Lipinski definition) is 3. The summed E-state index contributed by atoms with van der Waals surface area (Å²) in [6, 6.07) is -0.198. The fourth-order valence-corrected chi connectivity index (χ4v) is 7.77. The smallest absolute Gasteiger partial charge is 0.239 e. The Kier molecular flexibility index (Phi) is 8.06. The molecule has 4 fully saturated rings. The van der Waals surface area contributed by atoms with Gasteiger partial charge in [-0.05, 0) is 82.7 Å². The van der Waals surface area contributed by atoms with Gasteiger partial charge in [-0.1, -0.05) is 52.4 Å². The van der Waals surface area contributed by atoms with E-state index < -0.39 is 0 Å². The molecule has 194 valence electrons. The molecule has 0 bridgehead atoms. The van der Waals surface area contributed by atoms with E-state index in [0.29, 0.717) is 48.5 Å². The third-order valence-corrected chi connectivity index (χ3v) is 9.53. The number of rotatable bonds is 8. The van der Waals surface area contributed by atoms with E-state index in [1.807, 2.05) is 4.90 Å². The molecule has 3 aliphatic carbocycles. The van der Waals surface area contributed by atoms with Crippen LogP contribution >= 0.6 is 0 Å². The molecule has 1 N–H and O–H groups in total. The van der Waals surface area contributed by atoms with Crippen LogP contribution in [0, 0.1) is 35.5 Å². The number of nitrogens with zero attached hydrogens (tertiary/aromatic N) is 2. The number of likely N-dealkylation sites (N-methyl/N-ethyl adjacent to an activating group) is 1. The summed E-state index contributed by atoms with van der Waals surface area (Å²) >= 11 is 0. The molecular weight excluding hydrogens is 422 g/mol. The predicted molar refractivity (Wildman–Crippen MR) is 138 cm³/mol. The second-order valence-electron chi connectivity index (χ2n) is 12.4. The van der Waals surface area contributed by atoms with Crippen LogP contribution < -0.4 is 5.32 Å². The molecule has 4 atom stereocenters. The Labute approximate surface area is 211 Å². The van der Waals surface area contributed by atoms with Gasteiger partial charge in [-0.25, -0.2) is 0 Å². The minimum absolute atomic E-state index is 0.0181. The van der Waals surface area contributed by atoms with E-state index in [9.17, 15) is 9.59 Å². The summed E-state index contributed by atoms with van der Waals surface area (Å²) < 4.78 is 15.7. The third kappa shape index (κ3) is 5.99. The molecule has 0 aromatic carbocycles. The first-order valence-corrected chi connectivity index (χ1v) is 14.3. The Morgan fingerprint density at radius 1 is 0.912 bits per heavy atom. The summed E-state index contributed by atoms with van der Waals surface area (Å²) in [6.07, 6.45) is 15.4. The quantitative estimate of drug-likeness (QED) is 0.532.